The molecule has 0 aliphatic heterocycles. The summed E-state index contributed by atoms with van der Waals surface area (Å²) in [6.07, 6.45) is 1.65. The van der Waals surface area contributed by atoms with Gasteiger partial charge in [0, 0.05) is 6.42 Å². The van der Waals surface area contributed by atoms with Gasteiger partial charge in [-0.05, 0) is 29.2 Å². The lowest BCUT2D eigenvalue weighted by Crippen LogP contribution is -2.36. The Morgan fingerprint density at radius 2 is 2.26 bits per heavy atom. The number of rotatable bonds is 3. The van der Waals surface area contributed by atoms with Crippen molar-refractivity contribution in [3.8, 4) is 0 Å². The van der Waals surface area contributed by atoms with Gasteiger partial charge in [0.05, 0.1) is 7.05 Å². The van der Waals surface area contributed by atoms with Crippen LogP contribution in [0.25, 0.3) is 0 Å². The van der Waals surface area contributed by atoms with E-state index >= 15 is 0 Å². The number of tetrazole rings is 1. The summed E-state index contributed by atoms with van der Waals surface area (Å²) < 4.78 is 0. The maximum absolute atomic E-state index is 11.8. The van der Waals surface area contributed by atoms with Gasteiger partial charge in [0.2, 0.25) is 0 Å². The van der Waals surface area contributed by atoms with Crippen LogP contribution in [-0.2, 0) is 30.1 Å². The predicted octanol–water partition coefficient (Wildman–Crippen LogP) is 0.721. The Hall–Kier alpha value is -2.24. The molecule has 1 atom stereocenters. The summed E-state index contributed by atoms with van der Waals surface area (Å²) in [5.41, 5.74) is 1.07. The van der Waals surface area contributed by atoms with E-state index in [0.29, 0.717) is 12.2 Å². The lowest BCUT2D eigenvalue weighted by Gasteiger charge is -2.23. The van der Waals surface area contributed by atoms with E-state index in [1.165, 1.54) is 4.80 Å². The number of aliphatic carboxylic acids is 1. The van der Waals surface area contributed by atoms with Crippen molar-refractivity contribution in [3.05, 3.63) is 41.2 Å². The molecule has 0 saturated heterocycles. The Labute approximate surface area is 110 Å². The van der Waals surface area contributed by atoms with Crippen LogP contribution in [0, 0.1) is 0 Å². The van der Waals surface area contributed by atoms with E-state index in [0.717, 1.165) is 17.5 Å². The number of aryl methyl sites for hydroxylation is 2. The Bertz CT molecular complexity index is 637. The number of carbonyl (C=O) groups is 1. The van der Waals surface area contributed by atoms with Crippen LogP contribution in [0.2, 0.25) is 0 Å². The third kappa shape index (κ3) is 1.80. The fraction of sp³-hybridized carbons (Fsp3) is 0.385. The summed E-state index contributed by atoms with van der Waals surface area (Å²) in [7, 11) is 1.67. The van der Waals surface area contributed by atoms with E-state index in [1.54, 1.807) is 7.05 Å². The molecule has 1 heterocycles. The molecule has 0 fully saturated rings. The standard InChI is InChI=1S/C13H14N4O2/c1-17-15-11(14-16-17)8-13(12(18)19)7-6-9-4-2-3-5-10(9)13/h2-5H,6-8H2,1H3,(H,18,19). The maximum atomic E-state index is 11.8. The molecule has 6 nitrogen and oxygen atoms in total. The van der Waals surface area contributed by atoms with Gasteiger partial charge in [0.1, 0.15) is 5.41 Å². The molecule has 0 bridgehead atoms. The Morgan fingerprint density at radius 1 is 1.47 bits per heavy atom. The van der Waals surface area contributed by atoms with Crippen molar-refractivity contribution in [1.82, 2.24) is 20.2 Å². The quantitative estimate of drug-likeness (QED) is 0.877. The van der Waals surface area contributed by atoms with Gasteiger partial charge < -0.3 is 5.11 Å². The van der Waals surface area contributed by atoms with Crippen molar-refractivity contribution in [2.24, 2.45) is 7.05 Å². The molecule has 1 aromatic carbocycles. The van der Waals surface area contributed by atoms with E-state index in [-0.39, 0.29) is 6.42 Å². The Kier molecular flexibility index (Phi) is 2.58. The second-order valence-electron chi connectivity index (χ2n) is 4.92. The largest absolute Gasteiger partial charge is 0.481 e. The molecule has 0 amide bonds. The van der Waals surface area contributed by atoms with E-state index in [4.69, 9.17) is 0 Å². The van der Waals surface area contributed by atoms with Crippen molar-refractivity contribution >= 4 is 5.97 Å². The van der Waals surface area contributed by atoms with Gasteiger partial charge in [-0.25, -0.2) is 0 Å². The fourth-order valence-electron chi connectivity index (χ4n) is 2.83. The summed E-state index contributed by atoms with van der Waals surface area (Å²) in [4.78, 5) is 13.2. The van der Waals surface area contributed by atoms with Crippen LogP contribution in [0.1, 0.15) is 23.4 Å². The highest BCUT2D eigenvalue weighted by Crippen LogP contribution is 2.41. The smallest absolute Gasteiger partial charge is 0.314 e. The van der Waals surface area contributed by atoms with Crippen molar-refractivity contribution in [2.45, 2.75) is 24.7 Å². The number of hydrogen-bond acceptors (Lipinski definition) is 4. The second kappa shape index (κ2) is 4.15. The van der Waals surface area contributed by atoms with Gasteiger partial charge >= 0.3 is 5.97 Å². The van der Waals surface area contributed by atoms with Crippen LogP contribution in [0.15, 0.2) is 24.3 Å². The zero-order chi connectivity index (χ0) is 13.5. The van der Waals surface area contributed by atoms with E-state index < -0.39 is 11.4 Å². The maximum Gasteiger partial charge on any atom is 0.314 e. The van der Waals surface area contributed by atoms with Gasteiger partial charge in [-0.2, -0.15) is 4.80 Å². The number of aromatic nitrogens is 4. The SMILES string of the molecule is Cn1nnc(CC2(C(=O)O)CCc3ccccc32)n1. The third-order valence-corrected chi connectivity index (χ3v) is 3.77. The lowest BCUT2D eigenvalue weighted by molar-refractivity contribution is -0.143. The van der Waals surface area contributed by atoms with Gasteiger partial charge in [-0.1, -0.05) is 24.3 Å². The normalized spacial score (nSPS) is 21.3. The van der Waals surface area contributed by atoms with Crippen molar-refractivity contribution < 1.29 is 9.90 Å². The molecule has 0 spiro atoms. The Morgan fingerprint density at radius 3 is 2.95 bits per heavy atom. The number of carboxylic acids is 1. The summed E-state index contributed by atoms with van der Waals surface area (Å²) in [6, 6.07) is 7.71. The topological polar surface area (TPSA) is 80.9 Å². The molecular formula is C13H14N4O2. The minimum absolute atomic E-state index is 0.285. The van der Waals surface area contributed by atoms with Crippen LogP contribution in [0.3, 0.4) is 0 Å². The average Bonchev–Trinajstić information content (AvgIpc) is 2.96. The molecule has 1 N–H and O–H groups in total. The third-order valence-electron chi connectivity index (χ3n) is 3.77. The number of hydrogen-bond donors (Lipinski definition) is 1. The molecule has 1 unspecified atom stereocenters. The molecule has 1 aromatic heterocycles. The molecule has 0 radical (unpaired) electrons. The van der Waals surface area contributed by atoms with Gasteiger partial charge in [0.15, 0.2) is 5.82 Å². The minimum atomic E-state index is -0.917. The molecule has 19 heavy (non-hydrogen) atoms. The van der Waals surface area contributed by atoms with E-state index in [1.807, 2.05) is 24.3 Å². The molecule has 98 valence electrons. The average molecular weight is 258 g/mol. The van der Waals surface area contributed by atoms with Gasteiger partial charge in [-0.15, -0.1) is 10.2 Å². The number of fused-ring (bicyclic) bond motifs is 1. The Balaban J connectivity index is 2.04. The van der Waals surface area contributed by atoms with Crippen LogP contribution in [-0.4, -0.2) is 31.3 Å². The fourth-order valence-corrected chi connectivity index (χ4v) is 2.83. The first-order valence-corrected chi connectivity index (χ1v) is 6.16. The highest BCUT2D eigenvalue weighted by atomic mass is 16.4. The van der Waals surface area contributed by atoms with Crippen LogP contribution in [0.5, 0.6) is 0 Å². The minimum Gasteiger partial charge on any atom is -0.481 e. The summed E-state index contributed by atoms with van der Waals surface area (Å²) in [5.74, 6) is -0.341. The number of carboxylic acid groups (broad SMARTS) is 1. The van der Waals surface area contributed by atoms with Crippen molar-refractivity contribution in [1.29, 1.82) is 0 Å². The van der Waals surface area contributed by atoms with Crippen LogP contribution < -0.4 is 0 Å². The first kappa shape index (κ1) is 11.8. The summed E-state index contributed by atoms with van der Waals surface area (Å²) in [5, 5.41) is 21.5. The highest BCUT2D eigenvalue weighted by molar-refractivity contribution is 5.83. The van der Waals surface area contributed by atoms with Crippen LogP contribution >= 0.6 is 0 Å². The molecule has 3 rings (SSSR count). The molecule has 6 heteroatoms. The van der Waals surface area contributed by atoms with Gasteiger partial charge in [0.25, 0.3) is 0 Å². The molecule has 2 aromatic rings. The monoisotopic (exact) mass is 258 g/mol. The predicted molar refractivity (Wildman–Crippen MR) is 66.6 cm³/mol. The number of nitrogens with zero attached hydrogens (tertiary/aromatic N) is 4. The van der Waals surface area contributed by atoms with Crippen molar-refractivity contribution in [2.75, 3.05) is 0 Å². The van der Waals surface area contributed by atoms with E-state index in [9.17, 15) is 9.90 Å². The lowest BCUT2D eigenvalue weighted by atomic mass is 9.78. The first-order chi connectivity index (χ1) is 9.12. The van der Waals surface area contributed by atoms with Crippen molar-refractivity contribution in [3.63, 3.8) is 0 Å². The zero-order valence-corrected chi connectivity index (χ0v) is 10.6. The van der Waals surface area contributed by atoms with Crippen LogP contribution in [0.4, 0.5) is 0 Å². The molecule has 0 saturated carbocycles. The molecule has 1 aliphatic carbocycles. The van der Waals surface area contributed by atoms with Gasteiger partial charge in [-0.3, -0.25) is 4.79 Å². The number of benzene rings is 1. The van der Waals surface area contributed by atoms with E-state index in [2.05, 4.69) is 15.4 Å². The summed E-state index contributed by atoms with van der Waals surface area (Å²) >= 11 is 0. The second-order valence-corrected chi connectivity index (χ2v) is 4.92. The summed E-state index contributed by atoms with van der Waals surface area (Å²) in [6.45, 7) is 0. The molecular weight excluding hydrogens is 244 g/mol. The zero-order valence-electron chi connectivity index (χ0n) is 10.6. The molecule has 1 aliphatic rings. The highest BCUT2D eigenvalue weighted by Gasteiger charge is 2.46. The first-order valence-electron chi connectivity index (χ1n) is 6.16.